The summed E-state index contributed by atoms with van der Waals surface area (Å²) in [6, 6.07) is 7.31. The Morgan fingerprint density at radius 3 is 2.79 bits per heavy atom. The Labute approximate surface area is 118 Å². The number of halogens is 1. The predicted octanol–water partition coefficient (Wildman–Crippen LogP) is 1.52. The lowest BCUT2D eigenvalue weighted by Crippen LogP contribution is -2.47. The van der Waals surface area contributed by atoms with E-state index < -0.39 is 10.2 Å². The number of nitrogens with zero attached hydrogens (tertiary/aromatic N) is 2. The average molecular weight is 305 g/mol. The van der Waals surface area contributed by atoms with Crippen LogP contribution < -0.4 is 0 Å². The molecule has 5 nitrogen and oxygen atoms in total. The smallest absolute Gasteiger partial charge is 0.281 e. The highest BCUT2D eigenvalue weighted by atomic mass is 35.5. The largest absolute Gasteiger partial charge is 0.371 e. The second-order valence-electron chi connectivity index (χ2n) is 4.56. The summed E-state index contributed by atoms with van der Waals surface area (Å²) in [7, 11) is -0.343. The van der Waals surface area contributed by atoms with Crippen molar-refractivity contribution >= 4 is 21.8 Å². The van der Waals surface area contributed by atoms with E-state index in [0.717, 1.165) is 5.56 Å². The van der Waals surface area contributed by atoms with Gasteiger partial charge in [-0.05, 0) is 17.7 Å². The van der Waals surface area contributed by atoms with Crippen LogP contribution in [0.15, 0.2) is 24.3 Å². The van der Waals surface area contributed by atoms with Gasteiger partial charge < -0.3 is 4.74 Å². The number of hydrogen-bond donors (Lipinski definition) is 0. The molecule has 0 amide bonds. The zero-order valence-corrected chi connectivity index (χ0v) is 12.5. The Bertz CT molecular complexity index is 548. The van der Waals surface area contributed by atoms with E-state index in [0.29, 0.717) is 24.7 Å². The molecule has 0 radical (unpaired) electrons. The van der Waals surface area contributed by atoms with E-state index in [1.807, 2.05) is 12.1 Å². The first-order valence-electron chi connectivity index (χ1n) is 5.96. The zero-order chi connectivity index (χ0) is 14.0. The first-order valence-corrected chi connectivity index (χ1v) is 7.73. The van der Waals surface area contributed by atoms with Crippen LogP contribution in [0.1, 0.15) is 11.7 Å². The van der Waals surface area contributed by atoms with Crippen molar-refractivity contribution in [1.82, 2.24) is 8.61 Å². The highest BCUT2D eigenvalue weighted by Gasteiger charge is 2.31. The van der Waals surface area contributed by atoms with Crippen molar-refractivity contribution in [2.24, 2.45) is 0 Å². The molecule has 7 heteroatoms. The van der Waals surface area contributed by atoms with Crippen LogP contribution in [0.25, 0.3) is 0 Å². The zero-order valence-electron chi connectivity index (χ0n) is 10.9. The minimum Gasteiger partial charge on any atom is -0.371 e. The molecule has 0 bridgehead atoms. The monoisotopic (exact) mass is 304 g/mol. The van der Waals surface area contributed by atoms with Crippen LogP contribution in [0.2, 0.25) is 5.02 Å². The summed E-state index contributed by atoms with van der Waals surface area (Å²) >= 11 is 5.95. The van der Waals surface area contributed by atoms with Crippen molar-refractivity contribution in [2.45, 2.75) is 6.10 Å². The Hall–Kier alpha value is -0.660. The summed E-state index contributed by atoms with van der Waals surface area (Å²) in [6.45, 7) is 1.06. The van der Waals surface area contributed by atoms with Crippen molar-refractivity contribution in [3.05, 3.63) is 34.9 Å². The van der Waals surface area contributed by atoms with Gasteiger partial charge in [-0.2, -0.15) is 17.0 Å². The van der Waals surface area contributed by atoms with Gasteiger partial charge in [0.2, 0.25) is 0 Å². The summed E-state index contributed by atoms with van der Waals surface area (Å²) in [5, 5.41) is 0.619. The molecule has 1 aromatic carbocycles. The fraction of sp³-hybridized carbons (Fsp3) is 0.500. The Balaban J connectivity index is 2.18. The number of morpholine rings is 1. The molecule has 2 rings (SSSR count). The maximum absolute atomic E-state index is 12.1. The molecule has 1 aromatic rings. The van der Waals surface area contributed by atoms with Crippen LogP contribution in [0.5, 0.6) is 0 Å². The Kier molecular flexibility index (Phi) is 4.47. The first kappa shape index (κ1) is 14.7. The molecule has 106 valence electrons. The van der Waals surface area contributed by atoms with Gasteiger partial charge >= 0.3 is 0 Å². The van der Waals surface area contributed by atoms with Crippen molar-refractivity contribution in [3.8, 4) is 0 Å². The summed E-state index contributed by atoms with van der Waals surface area (Å²) < 4.78 is 32.5. The van der Waals surface area contributed by atoms with Crippen molar-refractivity contribution in [3.63, 3.8) is 0 Å². The van der Waals surface area contributed by atoms with Crippen molar-refractivity contribution in [1.29, 1.82) is 0 Å². The summed E-state index contributed by atoms with van der Waals surface area (Å²) in [4.78, 5) is 0. The van der Waals surface area contributed by atoms with Gasteiger partial charge in [0.15, 0.2) is 0 Å². The molecule has 1 atom stereocenters. The number of rotatable bonds is 3. The third kappa shape index (κ3) is 3.27. The van der Waals surface area contributed by atoms with Crippen molar-refractivity contribution < 1.29 is 13.2 Å². The van der Waals surface area contributed by atoms with Gasteiger partial charge in [-0.3, -0.25) is 0 Å². The molecule has 19 heavy (non-hydrogen) atoms. The molecule has 1 aliphatic heterocycles. The van der Waals surface area contributed by atoms with E-state index >= 15 is 0 Å². The summed E-state index contributed by atoms with van der Waals surface area (Å²) in [5.41, 5.74) is 0.895. The van der Waals surface area contributed by atoms with Crippen LogP contribution in [-0.2, 0) is 14.9 Å². The number of ether oxygens (including phenoxy) is 1. The molecule has 0 N–H and O–H groups in total. The fourth-order valence-corrected chi connectivity index (χ4v) is 3.26. The van der Waals surface area contributed by atoms with Crippen LogP contribution in [0, 0.1) is 0 Å². The summed E-state index contributed by atoms with van der Waals surface area (Å²) in [5.74, 6) is 0. The minimum atomic E-state index is -3.40. The SMILES string of the molecule is CN(C)S(=O)(=O)N1CCOC(c2cccc(Cl)c2)C1. The lowest BCUT2D eigenvalue weighted by Gasteiger charge is -2.33. The van der Waals surface area contributed by atoms with Crippen LogP contribution >= 0.6 is 11.6 Å². The van der Waals surface area contributed by atoms with Gasteiger partial charge in [0.1, 0.15) is 0 Å². The molecule has 0 aliphatic carbocycles. The average Bonchev–Trinajstić information content (AvgIpc) is 2.38. The topological polar surface area (TPSA) is 49.9 Å². The lowest BCUT2D eigenvalue weighted by molar-refractivity contribution is -0.00386. The van der Waals surface area contributed by atoms with Gasteiger partial charge in [-0.1, -0.05) is 23.7 Å². The molecule has 0 saturated carbocycles. The van der Waals surface area contributed by atoms with Gasteiger partial charge in [-0.15, -0.1) is 0 Å². The fourth-order valence-electron chi connectivity index (χ4n) is 1.97. The molecular weight excluding hydrogens is 288 g/mol. The minimum absolute atomic E-state index is 0.276. The maximum atomic E-state index is 12.1. The molecular formula is C12H17ClN2O3S. The Morgan fingerprint density at radius 1 is 1.42 bits per heavy atom. The van der Waals surface area contributed by atoms with Crippen LogP contribution in [0.4, 0.5) is 0 Å². The molecule has 1 saturated heterocycles. The lowest BCUT2D eigenvalue weighted by atomic mass is 10.1. The second-order valence-corrected chi connectivity index (χ2v) is 7.14. The molecule has 1 aliphatic rings. The quantitative estimate of drug-likeness (QED) is 0.851. The van der Waals surface area contributed by atoms with Gasteiger partial charge in [0.25, 0.3) is 10.2 Å². The third-order valence-corrected chi connectivity index (χ3v) is 5.18. The van der Waals surface area contributed by atoms with E-state index in [4.69, 9.17) is 16.3 Å². The van der Waals surface area contributed by atoms with Crippen molar-refractivity contribution in [2.75, 3.05) is 33.8 Å². The Morgan fingerprint density at radius 2 is 2.16 bits per heavy atom. The van der Waals surface area contributed by atoms with Crippen LogP contribution in [0.3, 0.4) is 0 Å². The standard InChI is InChI=1S/C12H17ClN2O3S/c1-14(2)19(16,17)15-6-7-18-12(9-15)10-4-3-5-11(13)8-10/h3-5,8,12H,6-7,9H2,1-2H3. The molecule has 1 heterocycles. The third-order valence-electron chi connectivity index (χ3n) is 3.04. The summed E-state index contributed by atoms with van der Waals surface area (Å²) in [6.07, 6.45) is -0.276. The van der Waals surface area contributed by atoms with Gasteiger partial charge in [0.05, 0.1) is 12.7 Å². The number of benzene rings is 1. The molecule has 1 fully saturated rings. The predicted molar refractivity (Wildman–Crippen MR) is 74.3 cm³/mol. The highest BCUT2D eigenvalue weighted by molar-refractivity contribution is 7.86. The normalized spacial score (nSPS) is 21.8. The molecule has 0 aromatic heterocycles. The molecule has 1 unspecified atom stereocenters. The highest BCUT2D eigenvalue weighted by Crippen LogP contribution is 2.26. The maximum Gasteiger partial charge on any atom is 0.281 e. The molecule has 0 spiro atoms. The number of hydrogen-bond acceptors (Lipinski definition) is 3. The van der Waals surface area contributed by atoms with E-state index in [-0.39, 0.29) is 6.10 Å². The van der Waals surface area contributed by atoms with Crippen LogP contribution in [-0.4, -0.2) is 50.8 Å². The van der Waals surface area contributed by atoms with Gasteiger partial charge in [0, 0.05) is 32.2 Å². The van der Waals surface area contributed by atoms with Gasteiger partial charge in [-0.25, -0.2) is 0 Å². The van der Waals surface area contributed by atoms with E-state index in [9.17, 15) is 8.42 Å². The van der Waals surface area contributed by atoms with E-state index in [1.54, 1.807) is 12.1 Å². The van der Waals surface area contributed by atoms with E-state index in [2.05, 4.69) is 0 Å². The van der Waals surface area contributed by atoms with E-state index in [1.165, 1.54) is 22.7 Å². The first-order chi connectivity index (χ1) is 8.91. The second kappa shape index (κ2) is 5.76.